The number of carbonyl (C=O) groups is 1. The number of benzene rings is 3. The zero-order chi connectivity index (χ0) is 24.4. The van der Waals surface area contributed by atoms with Gasteiger partial charge in [-0.3, -0.25) is 13.8 Å². The van der Waals surface area contributed by atoms with Gasteiger partial charge in [-0.15, -0.1) is 0 Å². The standard InChI is InChI=1S/C21H19Cl2N3O5S2/c1-26(32(2,28)29)20-6-4-3-5-17(20)21(27)24-15-8-10-16(11-9-15)33(30,31)25-19-12-7-14(22)13-18(19)23/h3-13,25H,1-2H3,(H,24,27). The third-order valence-electron chi connectivity index (χ3n) is 4.58. The van der Waals surface area contributed by atoms with Crippen LogP contribution in [0.4, 0.5) is 17.1 Å². The van der Waals surface area contributed by atoms with Crippen LogP contribution in [-0.2, 0) is 20.0 Å². The molecule has 0 aromatic heterocycles. The number of carbonyl (C=O) groups excluding carboxylic acids is 1. The van der Waals surface area contributed by atoms with Gasteiger partial charge in [-0.2, -0.15) is 0 Å². The monoisotopic (exact) mass is 527 g/mol. The average molecular weight is 528 g/mol. The van der Waals surface area contributed by atoms with Crippen LogP contribution < -0.4 is 14.3 Å². The van der Waals surface area contributed by atoms with Crippen LogP contribution in [0.1, 0.15) is 10.4 Å². The molecule has 2 N–H and O–H groups in total. The van der Waals surface area contributed by atoms with E-state index in [9.17, 15) is 21.6 Å². The molecular weight excluding hydrogens is 509 g/mol. The normalized spacial score (nSPS) is 11.6. The lowest BCUT2D eigenvalue weighted by atomic mass is 10.1. The van der Waals surface area contributed by atoms with Gasteiger partial charge in [0.15, 0.2) is 0 Å². The van der Waals surface area contributed by atoms with Crippen molar-refractivity contribution in [3.05, 3.63) is 82.3 Å². The van der Waals surface area contributed by atoms with Crippen molar-refractivity contribution in [3.63, 3.8) is 0 Å². The van der Waals surface area contributed by atoms with Crippen LogP contribution in [0.3, 0.4) is 0 Å². The van der Waals surface area contributed by atoms with Gasteiger partial charge in [-0.1, -0.05) is 35.3 Å². The molecule has 3 aromatic carbocycles. The molecule has 0 aliphatic carbocycles. The summed E-state index contributed by atoms with van der Waals surface area (Å²) in [6.45, 7) is 0. The Hall–Kier alpha value is -2.79. The smallest absolute Gasteiger partial charge is 0.261 e. The van der Waals surface area contributed by atoms with Gasteiger partial charge in [0.2, 0.25) is 10.0 Å². The molecule has 0 fully saturated rings. The van der Waals surface area contributed by atoms with E-state index < -0.39 is 26.0 Å². The van der Waals surface area contributed by atoms with Gasteiger partial charge in [0.1, 0.15) is 0 Å². The fourth-order valence-electron chi connectivity index (χ4n) is 2.81. The molecule has 0 heterocycles. The van der Waals surface area contributed by atoms with Crippen LogP contribution in [0.15, 0.2) is 71.6 Å². The van der Waals surface area contributed by atoms with Crippen molar-refractivity contribution >= 4 is 66.2 Å². The van der Waals surface area contributed by atoms with Gasteiger partial charge >= 0.3 is 0 Å². The number of nitrogens with one attached hydrogen (secondary N) is 2. The first-order valence-electron chi connectivity index (χ1n) is 9.31. The zero-order valence-corrected chi connectivity index (χ0v) is 20.6. The summed E-state index contributed by atoms with van der Waals surface area (Å²) >= 11 is 11.9. The minimum absolute atomic E-state index is 0.0521. The largest absolute Gasteiger partial charge is 0.322 e. The molecule has 3 aromatic rings. The Morgan fingerprint density at radius 3 is 2.15 bits per heavy atom. The highest BCUT2D eigenvalue weighted by Gasteiger charge is 2.20. The van der Waals surface area contributed by atoms with Crippen molar-refractivity contribution in [2.45, 2.75) is 4.90 Å². The van der Waals surface area contributed by atoms with E-state index in [0.717, 1.165) is 10.6 Å². The van der Waals surface area contributed by atoms with Crippen LogP contribution >= 0.6 is 23.2 Å². The first kappa shape index (κ1) is 24.8. The number of para-hydroxylation sites is 1. The quantitative estimate of drug-likeness (QED) is 0.471. The number of nitrogens with zero attached hydrogens (tertiary/aromatic N) is 1. The second-order valence-electron chi connectivity index (χ2n) is 6.96. The lowest BCUT2D eigenvalue weighted by molar-refractivity contribution is 0.102. The van der Waals surface area contributed by atoms with Crippen LogP contribution in [0.2, 0.25) is 10.0 Å². The lowest BCUT2D eigenvalue weighted by Gasteiger charge is -2.19. The highest BCUT2D eigenvalue weighted by molar-refractivity contribution is 7.92. The summed E-state index contributed by atoms with van der Waals surface area (Å²) in [4.78, 5) is 12.7. The minimum Gasteiger partial charge on any atom is -0.322 e. The number of anilines is 3. The van der Waals surface area contributed by atoms with Crippen molar-refractivity contribution < 1.29 is 21.6 Å². The minimum atomic E-state index is -3.94. The molecule has 174 valence electrons. The molecule has 3 rings (SSSR count). The Balaban J connectivity index is 1.79. The van der Waals surface area contributed by atoms with Gasteiger partial charge < -0.3 is 5.32 Å². The fourth-order valence-corrected chi connectivity index (χ4v) is 4.92. The zero-order valence-electron chi connectivity index (χ0n) is 17.4. The van der Waals surface area contributed by atoms with Crippen molar-refractivity contribution in [1.29, 1.82) is 0 Å². The second kappa shape index (κ2) is 9.60. The molecular formula is C21H19Cl2N3O5S2. The summed E-state index contributed by atoms with van der Waals surface area (Å²) in [6.07, 6.45) is 1.03. The Bertz CT molecular complexity index is 1410. The summed E-state index contributed by atoms with van der Waals surface area (Å²) in [5, 5.41) is 3.15. The number of hydrogen-bond donors (Lipinski definition) is 2. The van der Waals surface area contributed by atoms with Gasteiger partial charge in [-0.25, -0.2) is 16.8 Å². The maximum atomic E-state index is 12.8. The molecule has 0 aliphatic heterocycles. The van der Waals surface area contributed by atoms with Gasteiger partial charge in [-0.05, 0) is 54.6 Å². The number of rotatable bonds is 7. The van der Waals surface area contributed by atoms with E-state index in [4.69, 9.17) is 23.2 Å². The van der Waals surface area contributed by atoms with Crippen molar-refractivity contribution in [2.24, 2.45) is 0 Å². The van der Waals surface area contributed by atoms with Crippen LogP contribution in [0.25, 0.3) is 0 Å². The highest BCUT2D eigenvalue weighted by atomic mass is 35.5. The predicted molar refractivity (Wildman–Crippen MR) is 131 cm³/mol. The number of amides is 1. The molecule has 0 bridgehead atoms. The Labute approximate surface area is 202 Å². The molecule has 1 amide bonds. The first-order valence-corrected chi connectivity index (χ1v) is 13.4. The number of sulfonamides is 2. The van der Waals surface area contributed by atoms with Gasteiger partial charge in [0.25, 0.3) is 15.9 Å². The van der Waals surface area contributed by atoms with E-state index in [2.05, 4.69) is 10.0 Å². The Morgan fingerprint density at radius 2 is 1.55 bits per heavy atom. The van der Waals surface area contributed by atoms with Crippen molar-refractivity contribution in [3.8, 4) is 0 Å². The van der Waals surface area contributed by atoms with E-state index in [-0.39, 0.29) is 26.9 Å². The first-order chi connectivity index (χ1) is 15.4. The van der Waals surface area contributed by atoms with E-state index in [1.165, 1.54) is 61.6 Å². The maximum Gasteiger partial charge on any atom is 0.261 e. The second-order valence-corrected chi connectivity index (χ2v) is 11.5. The summed E-state index contributed by atoms with van der Waals surface area (Å²) in [5.41, 5.74) is 0.840. The number of halogens is 2. The molecule has 0 spiro atoms. The molecule has 33 heavy (non-hydrogen) atoms. The maximum absolute atomic E-state index is 12.8. The van der Waals surface area contributed by atoms with Gasteiger partial charge in [0, 0.05) is 17.8 Å². The average Bonchev–Trinajstić information content (AvgIpc) is 2.75. The van der Waals surface area contributed by atoms with Crippen molar-refractivity contribution in [1.82, 2.24) is 0 Å². The lowest BCUT2D eigenvalue weighted by Crippen LogP contribution is -2.27. The molecule has 12 heteroatoms. The molecule has 0 saturated heterocycles. The molecule has 0 atom stereocenters. The third-order valence-corrected chi connectivity index (χ3v) is 7.70. The molecule has 0 saturated carbocycles. The Morgan fingerprint density at radius 1 is 0.909 bits per heavy atom. The van der Waals surface area contributed by atoms with E-state index >= 15 is 0 Å². The summed E-state index contributed by atoms with van der Waals surface area (Å²) < 4.78 is 52.5. The van der Waals surface area contributed by atoms with Crippen LogP contribution in [0.5, 0.6) is 0 Å². The van der Waals surface area contributed by atoms with E-state index in [0.29, 0.717) is 10.7 Å². The molecule has 0 aliphatic rings. The van der Waals surface area contributed by atoms with E-state index in [1.54, 1.807) is 12.1 Å². The molecule has 0 radical (unpaired) electrons. The summed E-state index contributed by atoms with van der Waals surface area (Å²) in [6, 6.07) is 16.1. The number of hydrogen-bond acceptors (Lipinski definition) is 5. The Kier molecular flexibility index (Phi) is 7.23. The fraction of sp³-hybridized carbons (Fsp3) is 0.0952. The summed E-state index contributed by atoms with van der Waals surface area (Å²) in [5.74, 6) is -0.553. The predicted octanol–water partition coefficient (Wildman–Crippen LogP) is 4.44. The van der Waals surface area contributed by atoms with E-state index in [1.807, 2.05) is 0 Å². The van der Waals surface area contributed by atoms with Crippen LogP contribution in [-0.4, -0.2) is 36.0 Å². The topological polar surface area (TPSA) is 113 Å². The third kappa shape index (κ3) is 5.97. The SMILES string of the molecule is CN(c1ccccc1C(=O)Nc1ccc(S(=O)(=O)Nc2ccc(Cl)cc2Cl)cc1)S(C)(=O)=O. The van der Waals surface area contributed by atoms with Crippen LogP contribution in [0, 0.1) is 0 Å². The summed E-state index contributed by atoms with van der Waals surface area (Å²) in [7, 11) is -6.17. The van der Waals surface area contributed by atoms with Gasteiger partial charge in [0.05, 0.1) is 33.1 Å². The molecule has 8 nitrogen and oxygen atoms in total. The van der Waals surface area contributed by atoms with Crippen molar-refractivity contribution in [2.75, 3.05) is 27.6 Å². The highest BCUT2D eigenvalue weighted by Crippen LogP contribution is 2.28. The molecule has 0 unspecified atom stereocenters.